The van der Waals surface area contributed by atoms with Gasteiger partial charge >= 0.3 is 5.97 Å². The summed E-state index contributed by atoms with van der Waals surface area (Å²) in [7, 11) is -4.36. The topological polar surface area (TPSA) is 112 Å². The maximum atomic E-state index is 13.8. The summed E-state index contributed by atoms with van der Waals surface area (Å²) in [6, 6.07) is 13.9. The van der Waals surface area contributed by atoms with Gasteiger partial charge in [0.2, 0.25) is 13.6 Å². The van der Waals surface area contributed by atoms with Gasteiger partial charge in [0.25, 0.3) is 10.0 Å². The lowest BCUT2D eigenvalue weighted by Gasteiger charge is -2.33. The zero-order valence-corrected chi connectivity index (χ0v) is 18.7. The Kier molecular flexibility index (Phi) is 4.45. The van der Waals surface area contributed by atoms with Gasteiger partial charge in [-0.05, 0) is 23.8 Å². The van der Waals surface area contributed by atoms with Crippen LogP contribution in [0.25, 0.3) is 5.57 Å². The molecule has 34 heavy (non-hydrogen) atoms. The van der Waals surface area contributed by atoms with Gasteiger partial charge in [0.05, 0.1) is 15.6 Å². The molecule has 3 aromatic rings. The second-order valence-corrected chi connectivity index (χ2v) is 9.68. The van der Waals surface area contributed by atoms with E-state index in [1.54, 1.807) is 36.4 Å². The number of anilines is 1. The van der Waals surface area contributed by atoms with E-state index in [0.29, 0.717) is 22.8 Å². The summed E-state index contributed by atoms with van der Waals surface area (Å²) < 4.78 is 49.8. The molecule has 3 heterocycles. The van der Waals surface area contributed by atoms with E-state index in [4.69, 9.17) is 30.5 Å². The third-order valence-electron chi connectivity index (χ3n) is 5.64. The summed E-state index contributed by atoms with van der Waals surface area (Å²) in [6.45, 7) is -0.0255. The number of carboxylic acids is 1. The van der Waals surface area contributed by atoms with Gasteiger partial charge in [-0.15, -0.1) is 0 Å². The average Bonchev–Trinajstić information content (AvgIpc) is 3.46. The molecule has 6 rings (SSSR count). The number of sulfonamides is 1. The molecule has 0 amide bonds. The van der Waals surface area contributed by atoms with Crippen LogP contribution in [-0.4, -0.2) is 33.1 Å². The molecule has 172 valence electrons. The average molecular weight is 500 g/mol. The molecule has 0 saturated heterocycles. The number of fused-ring (bicyclic) bond motifs is 3. The van der Waals surface area contributed by atoms with Crippen LogP contribution in [0, 0.1) is 0 Å². The van der Waals surface area contributed by atoms with Gasteiger partial charge in [-0.3, -0.25) is 0 Å². The maximum Gasteiger partial charge on any atom is 0.354 e. The van der Waals surface area contributed by atoms with Gasteiger partial charge in [0.1, 0.15) is 0 Å². The normalized spacial score (nSPS) is 17.0. The quantitative estimate of drug-likeness (QED) is 0.578. The van der Waals surface area contributed by atoms with Crippen LogP contribution < -0.4 is 23.3 Å². The van der Waals surface area contributed by atoms with E-state index in [0.717, 1.165) is 4.31 Å². The van der Waals surface area contributed by atoms with E-state index in [9.17, 15) is 18.3 Å². The van der Waals surface area contributed by atoms with Crippen molar-refractivity contribution < 1.29 is 37.3 Å². The standard InChI is InChI=1S/C23H14ClNO8S/c24-14-8-18-19(33-11-32-18)9-15(14)25-22(23(26)27)21(12-5-6-16-17(7-12)31-10-30-16)13-3-1-2-4-20(13)34(25,28)29/h1-9H,10-11H2,(H,26,27). The highest BCUT2D eigenvalue weighted by Gasteiger charge is 2.43. The smallest absolute Gasteiger partial charge is 0.354 e. The summed E-state index contributed by atoms with van der Waals surface area (Å²) in [5, 5.41) is 10.3. The van der Waals surface area contributed by atoms with Crippen molar-refractivity contribution in [1.29, 1.82) is 0 Å². The first kappa shape index (κ1) is 20.7. The minimum absolute atomic E-state index is 0.0176. The molecule has 0 radical (unpaired) electrons. The molecule has 0 spiro atoms. The molecule has 11 heteroatoms. The molecule has 0 bridgehead atoms. The predicted molar refractivity (Wildman–Crippen MR) is 120 cm³/mol. The van der Waals surface area contributed by atoms with Gasteiger partial charge in [-0.1, -0.05) is 35.9 Å². The second kappa shape index (κ2) is 7.31. The van der Waals surface area contributed by atoms with Gasteiger partial charge in [-0.25, -0.2) is 17.5 Å². The Bertz CT molecular complexity index is 1530. The number of halogens is 1. The molecule has 0 aliphatic carbocycles. The largest absolute Gasteiger partial charge is 0.477 e. The lowest BCUT2D eigenvalue weighted by molar-refractivity contribution is -0.132. The van der Waals surface area contributed by atoms with Crippen molar-refractivity contribution in [1.82, 2.24) is 0 Å². The van der Waals surface area contributed by atoms with Crippen molar-refractivity contribution in [3.05, 3.63) is 76.4 Å². The van der Waals surface area contributed by atoms with Crippen LogP contribution in [0.15, 0.2) is 65.2 Å². The van der Waals surface area contributed by atoms with E-state index < -0.39 is 21.7 Å². The Morgan fingerprint density at radius 1 is 0.882 bits per heavy atom. The van der Waals surface area contributed by atoms with Crippen LogP contribution in [0.1, 0.15) is 11.1 Å². The summed E-state index contributed by atoms with van der Waals surface area (Å²) in [4.78, 5) is 12.6. The van der Waals surface area contributed by atoms with Crippen LogP contribution in [-0.2, 0) is 14.8 Å². The molecular formula is C23H14ClNO8S. The summed E-state index contributed by atoms with van der Waals surface area (Å²) in [6.07, 6.45) is 0. The van der Waals surface area contributed by atoms with Crippen LogP contribution in [0.4, 0.5) is 5.69 Å². The fraction of sp³-hybridized carbons (Fsp3) is 0.0870. The Morgan fingerprint density at radius 3 is 2.26 bits per heavy atom. The number of rotatable bonds is 3. The highest BCUT2D eigenvalue weighted by atomic mass is 35.5. The van der Waals surface area contributed by atoms with Crippen LogP contribution in [0.3, 0.4) is 0 Å². The first-order valence-corrected chi connectivity index (χ1v) is 11.8. The van der Waals surface area contributed by atoms with Crippen LogP contribution >= 0.6 is 11.6 Å². The zero-order valence-electron chi connectivity index (χ0n) is 17.1. The summed E-state index contributed by atoms with van der Waals surface area (Å²) in [5.74, 6) is 0.0598. The van der Waals surface area contributed by atoms with Gasteiger partial charge in [0, 0.05) is 23.3 Å². The van der Waals surface area contributed by atoms with Gasteiger partial charge in [-0.2, -0.15) is 0 Å². The Hall–Kier alpha value is -3.89. The summed E-state index contributed by atoms with van der Waals surface area (Å²) >= 11 is 6.44. The van der Waals surface area contributed by atoms with Crippen molar-refractivity contribution in [3.63, 3.8) is 0 Å². The number of aliphatic carboxylic acids is 1. The zero-order chi connectivity index (χ0) is 23.6. The molecule has 9 nitrogen and oxygen atoms in total. The van der Waals surface area contributed by atoms with Crippen molar-refractivity contribution in [2.75, 3.05) is 17.9 Å². The number of ether oxygens (including phenoxy) is 4. The fourth-order valence-corrected chi connectivity index (χ4v) is 6.20. The lowest BCUT2D eigenvalue weighted by Crippen LogP contribution is -2.38. The minimum Gasteiger partial charge on any atom is -0.477 e. The van der Waals surface area contributed by atoms with Crippen LogP contribution in [0.5, 0.6) is 23.0 Å². The molecule has 0 aromatic heterocycles. The summed E-state index contributed by atoms with van der Waals surface area (Å²) in [5.41, 5.74) is 0.303. The monoisotopic (exact) mass is 499 g/mol. The Labute approximate surface area is 198 Å². The van der Waals surface area contributed by atoms with Crippen molar-refractivity contribution in [3.8, 4) is 23.0 Å². The molecule has 0 unspecified atom stereocenters. The van der Waals surface area contributed by atoms with E-state index >= 15 is 0 Å². The maximum absolute atomic E-state index is 13.8. The fourth-order valence-electron chi connectivity index (χ4n) is 4.20. The second-order valence-electron chi connectivity index (χ2n) is 7.52. The van der Waals surface area contributed by atoms with Crippen molar-refractivity contribution in [2.45, 2.75) is 4.90 Å². The number of hydrogen-bond acceptors (Lipinski definition) is 7. The Morgan fingerprint density at radius 2 is 1.53 bits per heavy atom. The highest BCUT2D eigenvalue weighted by molar-refractivity contribution is 7.93. The SMILES string of the molecule is O=C(O)C1=C(c2ccc3c(c2)OCO3)c2ccccc2S(=O)(=O)N1c1cc2c(cc1Cl)OCO2. The molecule has 3 aromatic carbocycles. The lowest BCUT2D eigenvalue weighted by atomic mass is 9.94. The van der Waals surface area contributed by atoms with E-state index in [1.807, 2.05) is 0 Å². The van der Waals surface area contributed by atoms with Gasteiger partial charge < -0.3 is 24.1 Å². The molecule has 1 N–H and O–H groups in total. The van der Waals surface area contributed by atoms with E-state index in [2.05, 4.69) is 0 Å². The van der Waals surface area contributed by atoms with Crippen LogP contribution in [0.2, 0.25) is 5.02 Å². The number of nitrogens with zero attached hydrogens (tertiary/aromatic N) is 1. The number of hydrogen-bond donors (Lipinski definition) is 1. The number of carbonyl (C=O) groups is 1. The molecule has 3 aliphatic heterocycles. The van der Waals surface area contributed by atoms with Crippen molar-refractivity contribution >= 4 is 38.9 Å². The molecular weight excluding hydrogens is 486 g/mol. The Balaban J connectivity index is 1.69. The van der Waals surface area contributed by atoms with Gasteiger partial charge in [0.15, 0.2) is 28.7 Å². The molecule has 0 atom stereocenters. The third kappa shape index (κ3) is 2.92. The minimum atomic E-state index is -4.36. The molecule has 0 fully saturated rings. The van der Waals surface area contributed by atoms with E-state index in [1.165, 1.54) is 18.2 Å². The van der Waals surface area contributed by atoms with Crippen molar-refractivity contribution in [2.24, 2.45) is 0 Å². The molecule has 3 aliphatic rings. The van der Waals surface area contributed by atoms with E-state index in [-0.39, 0.29) is 46.1 Å². The number of carboxylic acid groups (broad SMARTS) is 1. The highest BCUT2D eigenvalue weighted by Crippen LogP contribution is 2.48. The third-order valence-corrected chi connectivity index (χ3v) is 7.71. The predicted octanol–water partition coefficient (Wildman–Crippen LogP) is 3.85. The number of benzene rings is 3. The first-order chi connectivity index (χ1) is 16.4. The first-order valence-electron chi connectivity index (χ1n) is 9.98. The molecule has 0 saturated carbocycles.